The van der Waals surface area contributed by atoms with E-state index in [1.807, 2.05) is 30.3 Å². The molecule has 0 spiro atoms. The van der Waals surface area contributed by atoms with Crippen molar-refractivity contribution in [1.29, 1.82) is 0 Å². The summed E-state index contributed by atoms with van der Waals surface area (Å²) < 4.78 is 8.46. The molecule has 1 amide bonds. The number of hydrogen-bond acceptors (Lipinski definition) is 3. The number of nitrogens with zero attached hydrogens (tertiary/aromatic N) is 3. The van der Waals surface area contributed by atoms with Crippen molar-refractivity contribution in [3.8, 4) is 5.75 Å². The third kappa shape index (κ3) is 5.29. The van der Waals surface area contributed by atoms with E-state index in [0.717, 1.165) is 62.3 Å². The fourth-order valence-electron chi connectivity index (χ4n) is 5.81. The van der Waals surface area contributed by atoms with Gasteiger partial charge in [-0.1, -0.05) is 55.7 Å². The fourth-order valence-corrected chi connectivity index (χ4v) is 5.81. The highest BCUT2D eigenvalue weighted by atomic mass is 16.5. The van der Waals surface area contributed by atoms with Crippen molar-refractivity contribution in [2.75, 3.05) is 13.2 Å². The number of aryl methyl sites for hydroxylation is 1. The molecule has 2 aromatic carbocycles. The Morgan fingerprint density at radius 1 is 1.03 bits per heavy atom. The van der Waals surface area contributed by atoms with Gasteiger partial charge in [-0.15, -0.1) is 6.58 Å². The van der Waals surface area contributed by atoms with Crippen molar-refractivity contribution in [1.82, 2.24) is 14.5 Å². The van der Waals surface area contributed by atoms with Gasteiger partial charge in [0.2, 0.25) is 5.91 Å². The van der Waals surface area contributed by atoms with E-state index < -0.39 is 0 Å². The van der Waals surface area contributed by atoms with Gasteiger partial charge in [-0.3, -0.25) is 4.79 Å². The summed E-state index contributed by atoms with van der Waals surface area (Å²) in [5.74, 6) is 2.52. The van der Waals surface area contributed by atoms with Gasteiger partial charge >= 0.3 is 0 Å². The number of imidazole rings is 1. The van der Waals surface area contributed by atoms with Crippen molar-refractivity contribution >= 4 is 16.9 Å². The topological polar surface area (TPSA) is 47.4 Å². The van der Waals surface area contributed by atoms with Crippen LogP contribution in [0.25, 0.3) is 11.0 Å². The first-order chi connectivity index (χ1) is 17.2. The Balaban J connectivity index is 1.25. The normalized spacial score (nSPS) is 18.9. The lowest BCUT2D eigenvalue weighted by molar-refractivity contribution is -0.130. The lowest BCUT2D eigenvalue weighted by atomic mass is 9.94. The Morgan fingerprint density at radius 3 is 2.69 bits per heavy atom. The molecule has 1 unspecified atom stereocenters. The lowest BCUT2D eigenvalue weighted by Crippen LogP contribution is -2.37. The Bertz CT molecular complexity index is 1160. The SMILES string of the molecule is C=CCc1ccccc1OCCCCn1c(C2CC(=O)N(C3CCCCC3)C2)nc2ccccc21. The highest BCUT2D eigenvalue weighted by Gasteiger charge is 2.37. The number of para-hydroxylation sites is 3. The Morgan fingerprint density at radius 2 is 1.83 bits per heavy atom. The predicted molar refractivity (Wildman–Crippen MR) is 141 cm³/mol. The van der Waals surface area contributed by atoms with Gasteiger partial charge < -0.3 is 14.2 Å². The second-order valence-corrected chi connectivity index (χ2v) is 10.0. The maximum absolute atomic E-state index is 13.0. The summed E-state index contributed by atoms with van der Waals surface area (Å²) in [5, 5.41) is 0. The van der Waals surface area contributed by atoms with Gasteiger partial charge in [-0.05, 0) is 55.9 Å². The van der Waals surface area contributed by atoms with Crippen LogP contribution in [0.3, 0.4) is 0 Å². The molecule has 1 saturated carbocycles. The average Bonchev–Trinajstić information content (AvgIpc) is 3.46. The first-order valence-electron chi connectivity index (χ1n) is 13.3. The summed E-state index contributed by atoms with van der Waals surface area (Å²) >= 11 is 0. The van der Waals surface area contributed by atoms with Crippen LogP contribution in [-0.2, 0) is 17.8 Å². The van der Waals surface area contributed by atoms with Crippen LogP contribution in [-0.4, -0.2) is 39.6 Å². The van der Waals surface area contributed by atoms with Crippen molar-refractivity contribution in [2.45, 2.75) is 76.3 Å². The van der Waals surface area contributed by atoms with E-state index >= 15 is 0 Å². The number of ether oxygens (including phenoxy) is 1. The molecular weight excluding hydrogens is 434 g/mol. The molecule has 1 saturated heterocycles. The van der Waals surface area contributed by atoms with Crippen molar-refractivity contribution in [2.24, 2.45) is 0 Å². The maximum Gasteiger partial charge on any atom is 0.223 e. The maximum atomic E-state index is 13.0. The molecule has 3 aromatic rings. The van der Waals surface area contributed by atoms with Gasteiger partial charge in [-0.2, -0.15) is 0 Å². The summed E-state index contributed by atoms with van der Waals surface area (Å²) in [6.45, 7) is 6.24. The number of allylic oxidation sites excluding steroid dienone is 1. The molecular formula is C30H37N3O2. The molecule has 1 atom stereocenters. The number of fused-ring (bicyclic) bond motifs is 1. The zero-order valence-corrected chi connectivity index (χ0v) is 20.7. The van der Waals surface area contributed by atoms with E-state index in [-0.39, 0.29) is 5.92 Å². The van der Waals surface area contributed by atoms with Crippen LogP contribution in [0.15, 0.2) is 61.2 Å². The Labute approximate surface area is 208 Å². The lowest BCUT2D eigenvalue weighted by Gasteiger charge is -2.31. The number of benzene rings is 2. The van der Waals surface area contributed by atoms with Crippen molar-refractivity contribution in [3.63, 3.8) is 0 Å². The molecule has 1 aliphatic heterocycles. The molecule has 2 fully saturated rings. The monoisotopic (exact) mass is 471 g/mol. The molecule has 0 bridgehead atoms. The summed E-state index contributed by atoms with van der Waals surface area (Å²) in [6.07, 6.45) is 11.4. The molecule has 5 nitrogen and oxygen atoms in total. The van der Waals surface area contributed by atoms with Crippen molar-refractivity contribution in [3.05, 3.63) is 72.6 Å². The Kier molecular flexibility index (Phi) is 7.51. The van der Waals surface area contributed by atoms with Gasteiger partial charge in [0.05, 0.1) is 17.6 Å². The average molecular weight is 472 g/mol. The summed E-state index contributed by atoms with van der Waals surface area (Å²) in [7, 11) is 0. The molecule has 5 heteroatoms. The second-order valence-electron chi connectivity index (χ2n) is 10.0. The third-order valence-electron chi connectivity index (χ3n) is 7.59. The van der Waals surface area contributed by atoms with Crippen LogP contribution in [0.1, 0.15) is 68.7 Å². The first kappa shape index (κ1) is 23.7. The number of hydrogen-bond donors (Lipinski definition) is 0. The smallest absolute Gasteiger partial charge is 0.223 e. The number of carbonyl (C=O) groups is 1. The van der Waals surface area contributed by atoms with E-state index in [1.165, 1.54) is 30.3 Å². The van der Waals surface area contributed by atoms with Gasteiger partial charge in [0.1, 0.15) is 11.6 Å². The minimum Gasteiger partial charge on any atom is -0.493 e. The summed E-state index contributed by atoms with van der Waals surface area (Å²) in [5.41, 5.74) is 3.38. The molecule has 2 heterocycles. The number of aromatic nitrogens is 2. The third-order valence-corrected chi connectivity index (χ3v) is 7.59. The second kappa shape index (κ2) is 11.1. The van der Waals surface area contributed by atoms with Crippen LogP contribution in [0.4, 0.5) is 0 Å². The highest BCUT2D eigenvalue weighted by molar-refractivity contribution is 5.81. The van der Waals surface area contributed by atoms with Crippen LogP contribution >= 0.6 is 0 Å². The molecule has 184 valence electrons. The number of likely N-dealkylation sites (tertiary alicyclic amines) is 1. The molecule has 35 heavy (non-hydrogen) atoms. The van der Waals surface area contributed by atoms with Gasteiger partial charge in [0.15, 0.2) is 0 Å². The molecule has 0 radical (unpaired) electrons. The predicted octanol–water partition coefficient (Wildman–Crippen LogP) is 6.27. The molecule has 1 aromatic heterocycles. The largest absolute Gasteiger partial charge is 0.493 e. The molecule has 1 aliphatic carbocycles. The summed E-state index contributed by atoms with van der Waals surface area (Å²) in [4.78, 5) is 20.2. The molecule has 2 aliphatic rings. The fraction of sp³-hybridized carbons (Fsp3) is 0.467. The number of rotatable bonds is 10. The molecule has 0 N–H and O–H groups in total. The van der Waals surface area contributed by atoms with Gasteiger partial charge in [0, 0.05) is 31.5 Å². The van der Waals surface area contributed by atoms with E-state index in [9.17, 15) is 4.79 Å². The number of unbranched alkanes of at least 4 members (excludes halogenated alkanes) is 1. The Hall–Kier alpha value is -3.08. The minimum atomic E-state index is 0.179. The van der Waals surface area contributed by atoms with E-state index in [4.69, 9.17) is 9.72 Å². The quantitative estimate of drug-likeness (QED) is 0.258. The standard InChI is InChI=1S/C30H37N3O2/c1-2-12-23-13-6-9-18-28(23)35-20-11-10-19-32-27-17-8-7-16-26(27)31-30(32)24-21-29(34)33(22-24)25-14-4-3-5-15-25/h2,6-9,13,16-18,24-25H,1,3-5,10-12,14-15,19-22H2. The van der Waals surface area contributed by atoms with Crippen LogP contribution in [0.5, 0.6) is 5.75 Å². The van der Waals surface area contributed by atoms with E-state index in [1.54, 1.807) is 0 Å². The van der Waals surface area contributed by atoms with Gasteiger partial charge in [-0.25, -0.2) is 4.98 Å². The van der Waals surface area contributed by atoms with E-state index in [0.29, 0.717) is 25.0 Å². The van der Waals surface area contributed by atoms with Crippen LogP contribution in [0.2, 0.25) is 0 Å². The van der Waals surface area contributed by atoms with E-state index in [2.05, 4.69) is 40.3 Å². The number of amides is 1. The minimum absolute atomic E-state index is 0.179. The van der Waals surface area contributed by atoms with Crippen LogP contribution < -0.4 is 4.74 Å². The zero-order chi connectivity index (χ0) is 24.0. The van der Waals surface area contributed by atoms with Crippen molar-refractivity contribution < 1.29 is 9.53 Å². The first-order valence-corrected chi connectivity index (χ1v) is 13.3. The number of carbonyl (C=O) groups excluding carboxylic acids is 1. The molecule has 5 rings (SSSR count). The van der Waals surface area contributed by atoms with Gasteiger partial charge in [0.25, 0.3) is 0 Å². The van der Waals surface area contributed by atoms with Crippen LogP contribution in [0, 0.1) is 0 Å². The summed E-state index contributed by atoms with van der Waals surface area (Å²) in [6, 6.07) is 17.0. The zero-order valence-electron chi connectivity index (χ0n) is 20.7. The highest BCUT2D eigenvalue weighted by Crippen LogP contribution is 2.34.